The molecule has 6 heteroatoms. The van der Waals surface area contributed by atoms with Crippen LogP contribution in [-0.4, -0.2) is 17.5 Å². The van der Waals surface area contributed by atoms with E-state index in [-0.39, 0.29) is 12.5 Å². The van der Waals surface area contributed by atoms with Gasteiger partial charge in [0.05, 0.1) is 18.5 Å². The summed E-state index contributed by atoms with van der Waals surface area (Å²) < 4.78 is 10.9. The van der Waals surface area contributed by atoms with E-state index in [4.69, 9.17) is 9.15 Å². The van der Waals surface area contributed by atoms with E-state index < -0.39 is 0 Å². The maximum Gasteiger partial charge on any atom is 0.258 e. The molecule has 130 valence electrons. The van der Waals surface area contributed by atoms with Crippen molar-refractivity contribution < 1.29 is 13.9 Å². The Morgan fingerprint density at radius 2 is 2.00 bits per heavy atom. The van der Waals surface area contributed by atoms with Gasteiger partial charge in [0.25, 0.3) is 5.91 Å². The number of nitrogens with zero attached hydrogens (tertiary/aromatic N) is 1. The number of furan rings is 1. The average Bonchev–Trinajstić information content (AvgIpc) is 3.19. The largest absolute Gasteiger partial charge is 0.484 e. The van der Waals surface area contributed by atoms with Crippen molar-refractivity contribution in [1.82, 2.24) is 10.3 Å². The highest BCUT2D eigenvalue weighted by molar-refractivity contribution is 7.15. The van der Waals surface area contributed by atoms with Gasteiger partial charge in [-0.25, -0.2) is 4.98 Å². The van der Waals surface area contributed by atoms with Crippen LogP contribution in [0.4, 0.5) is 0 Å². The number of hydrogen-bond acceptors (Lipinski definition) is 5. The van der Waals surface area contributed by atoms with Crippen molar-refractivity contribution in [3.63, 3.8) is 0 Å². The third-order valence-electron chi connectivity index (χ3n) is 3.64. The Hall–Kier alpha value is -2.60. The second-order valence-corrected chi connectivity index (χ2v) is 6.98. The summed E-state index contributed by atoms with van der Waals surface area (Å²) in [5.74, 6) is 1.29. The number of ether oxygens (including phenoxy) is 1. The molecule has 0 atom stereocenters. The van der Waals surface area contributed by atoms with E-state index in [0.717, 1.165) is 32.5 Å². The SMILES string of the molecule is Cc1cc(C)cc(OCC(=O)NCc2sc(-c3ccco3)nc2C)c1. The number of carbonyl (C=O) groups is 1. The van der Waals surface area contributed by atoms with Crippen molar-refractivity contribution in [3.05, 3.63) is 58.3 Å². The molecule has 0 aliphatic carbocycles. The van der Waals surface area contributed by atoms with E-state index in [2.05, 4.69) is 16.4 Å². The monoisotopic (exact) mass is 356 g/mol. The fourth-order valence-corrected chi connectivity index (χ4v) is 3.46. The van der Waals surface area contributed by atoms with Gasteiger partial charge in [0.2, 0.25) is 0 Å². The van der Waals surface area contributed by atoms with Gasteiger partial charge in [-0.2, -0.15) is 0 Å². The van der Waals surface area contributed by atoms with E-state index in [1.807, 2.05) is 45.0 Å². The fraction of sp³-hybridized carbons (Fsp3) is 0.263. The quantitative estimate of drug-likeness (QED) is 0.724. The zero-order valence-electron chi connectivity index (χ0n) is 14.5. The van der Waals surface area contributed by atoms with Crippen molar-refractivity contribution >= 4 is 17.2 Å². The van der Waals surface area contributed by atoms with Crippen LogP contribution in [0.1, 0.15) is 21.7 Å². The number of nitrogens with one attached hydrogen (secondary N) is 1. The van der Waals surface area contributed by atoms with Crippen molar-refractivity contribution in [2.24, 2.45) is 0 Å². The minimum atomic E-state index is -0.161. The van der Waals surface area contributed by atoms with Gasteiger partial charge in [-0.1, -0.05) is 6.07 Å². The summed E-state index contributed by atoms with van der Waals surface area (Å²) in [6.45, 7) is 6.35. The minimum absolute atomic E-state index is 0.00815. The van der Waals surface area contributed by atoms with Gasteiger partial charge in [-0.05, 0) is 56.2 Å². The molecule has 3 aromatic rings. The summed E-state index contributed by atoms with van der Waals surface area (Å²) in [5.41, 5.74) is 3.12. The second-order valence-electron chi connectivity index (χ2n) is 5.89. The maximum atomic E-state index is 12.0. The average molecular weight is 356 g/mol. The third kappa shape index (κ3) is 4.48. The number of hydrogen-bond donors (Lipinski definition) is 1. The molecule has 1 aromatic carbocycles. The first-order valence-electron chi connectivity index (χ1n) is 7.99. The predicted molar refractivity (Wildman–Crippen MR) is 97.8 cm³/mol. The van der Waals surface area contributed by atoms with Crippen LogP contribution >= 0.6 is 11.3 Å². The first-order valence-corrected chi connectivity index (χ1v) is 8.81. The molecular formula is C19H20N2O3S. The predicted octanol–water partition coefficient (Wildman–Crippen LogP) is 4.02. The Morgan fingerprint density at radius 1 is 1.24 bits per heavy atom. The van der Waals surface area contributed by atoms with E-state index in [9.17, 15) is 4.79 Å². The summed E-state index contributed by atoms with van der Waals surface area (Å²) in [6.07, 6.45) is 1.62. The highest BCUT2D eigenvalue weighted by Crippen LogP contribution is 2.28. The van der Waals surface area contributed by atoms with Crippen LogP contribution in [-0.2, 0) is 11.3 Å². The van der Waals surface area contributed by atoms with Crippen molar-refractivity contribution in [1.29, 1.82) is 0 Å². The van der Waals surface area contributed by atoms with Gasteiger partial charge in [-0.3, -0.25) is 4.79 Å². The van der Waals surface area contributed by atoms with Gasteiger partial charge < -0.3 is 14.5 Å². The number of rotatable bonds is 6. The molecular weight excluding hydrogens is 336 g/mol. The van der Waals surface area contributed by atoms with Crippen LogP contribution in [0.3, 0.4) is 0 Å². The molecule has 0 bridgehead atoms. The van der Waals surface area contributed by atoms with E-state index in [1.165, 1.54) is 11.3 Å². The van der Waals surface area contributed by atoms with E-state index >= 15 is 0 Å². The molecule has 3 rings (SSSR count). The molecule has 0 unspecified atom stereocenters. The lowest BCUT2D eigenvalue weighted by molar-refractivity contribution is -0.123. The van der Waals surface area contributed by atoms with Gasteiger partial charge in [0.1, 0.15) is 5.75 Å². The molecule has 1 N–H and O–H groups in total. The standard InChI is InChI=1S/C19H20N2O3S/c1-12-7-13(2)9-15(8-12)24-11-18(22)20-10-17-14(3)21-19(25-17)16-5-4-6-23-16/h4-9H,10-11H2,1-3H3,(H,20,22). The number of benzene rings is 1. The molecule has 2 aromatic heterocycles. The maximum absolute atomic E-state index is 12.0. The minimum Gasteiger partial charge on any atom is -0.484 e. The lowest BCUT2D eigenvalue weighted by Gasteiger charge is -2.08. The lowest BCUT2D eigenvalue weighted by atomic mass is 10.1. The summed E-state index contributed by atoms with van der Waals surface area (Å²) in [7, 11) is 0. The molecule has 5 nitrogen and oxygen atoms in total. The van der Waals surface area contributed by atoms with Crippen LogP contribution in [0.25, 0.3) is 10.8 Å². The summed E-state index contributed by atoms with van der Waals surface area (Å²) in [6, 6.07) is 9.61. The van der Waals surface area contributed by atoms with Crippen LogP contribution in [0.5, 0.6) is 5.75 Å². The first-order chi connectivity index (χ1) is 12.0. The molecule has 2 heterocycles. The van der Waals surface area contributed by atoms with E-state index in [0.29, 0.717) is 12.3 Å². The molecule has 0 radical (unpaired) electrons. The van der Waals surface area contributed by atoms with Crippen molar-refractivity contribution in [2.75, 3.05) is 6.61 Å². The Balaban J connectivity index is 1.54. The summed E-state index contributed by atoms with van der Waals surface area (Å²) in [5, 5.41) is 3.69. The number of carbonyl (C=O) groups excluding carboxylic acids is 1. The Labute approximate surface area is 150 Å². The van der Waals surface area contributed by atoms with Crippen molar-refractivity contribution in [2.45, 2.75) is 27.3 Å². The summed E-state index contributed by atoms with van der Waals surface area (Å²) >= 11 is 1.52. The number of amides is 1. The molecule has 0 saturated heterocycles. The molecule has 0 spiro atoms. The van der Waals surface area contributed by atoms with Crippen LogP contribution in [0.15, 0.2) is 41.0 Å². The molecule has 0 fully saturated rings. The number of aromatic nitrogens is 1. The zero-order chi connectivity index (χ0) is 17.8. The van der Waals surface area contributed by atoms with Crippen LogP contribution in [0.2, 0.25) is 0 Å². The normalized spacial score (nSPS) is 10.7. The topological polar surface area (TPSA) is 64.4 Å². The van der Waals surface area contributed by atoms with E-state index in [1.54, 1.807) is 6.26 Å². The molecule has 1 amide bonds. The Morgan fingerprint density at radius 3 is 2.68 bits per heavy atom. The summed E-state index contributed by atoms with van der Waals surface area (Å²) in [4.78, 5) is 17.5. The van der Waals surface area contributed by atoms with Gasteiger partial charge >= 0.3 is 0 Å². The van der Waals surface area contributed by atoms with Crippen LogP contribution < -0.4 is 10.1 Å². The highest BCUT2D eigenvalue weighted by atomic mass is 32.1. The van der Waals surface area contributed by atoms with Gasteiger partial charge in [0.15, 0.2) is 17.4 Å². The Bertz CT molecular complexity index is 849. The Kier molecular flexibility index (Phi) is 5.19. The lowest BCUT2D eigenvalue weighted by Crippen LogP contribution is -2.28. The molecule has 0 saturated carbocycles. The van der Waals surface area contributed by atoms with Gasteiger partial charge in [0, 0.05) is 4.88 Å². The smallest absolute Gasteiger partial charge is 0.258 e. The fourth-order valence-electron chi connectivity index (χ4n) is 2.49. The molecule has 0 aliphatic heterocycles. The van der Waals surface area contributed by atoms with Crippen LogP contribution in [0, 0.1) is 20.8 Å². The third-order valence-corrected chi connectivity index (χ3v) is 4.81. The highest BCUT2D eigenvalue weighted by Gasteiger charge is 2.12. The van der Waals surface area contributed by atoms with Gasteiger partial charge in [-0.15, -0.1) is 11.3 Å². The number of aryl methyl sites for hydroxylation is 3. The van der Waals surface area contributed by atoms with Crippen molar-refractivity contribution in [3.8, 4) is 16.5 Å². The zero-order valence-corrected chi connectivity index (χ0v) is 15.3. The number of thiazole rings is 1. The second kappa shape index (κ2) is 7.53. The molecule has 25 heavy (non-hydrogen) atoms. The molecule has 0 aliphatic rings. The first kappa shape index (κ1) is 17.2.